The SMILES string of the molecule is C/C(=N\Nc1ccc(S(N)(=O)=O)cc1)c1cnn(-c2cc(=O)[nH]c3ccc(C)cc23)c1C. The molecule has 2 aromatic heterocycles. The Morgan fingerprint density at radius 3 is 2.53 bits per heavy atom. The normalized spacial score (nSPS) is 12.3. The lowest BCUT2D eigenvalue weighted by atomic mass is 10.1. The third-order valence-electron chi connectivity index (χ3n) is 5.14. The van der Waals surface area contributed by atoms with Gasteiger partial charge in [-0.3, -0.25) is 10.2 Å². The van der Waals surface area contributed by atoms with E-state index in [2.05, 4.69) is 20.6 Å². The second kappa shape index (κ2) is 8.06. The van der Waals surface area contributed by atoms with Gasteiger partial charge in [-0.15, -0.1) is 0 Å². The molecule has 0 unspecified atom stereocenters. The molecule has 4 aromatic rings. The molecule has 32 heavy (non-hydrogen) atoms. The molecule has 164 valence electrons. The number of aryl methyl sites for hydroxylation is 1. The monoisotopic (exact) mass is 450 g/mol. The largest absolute Gasteiger partial charge is 0.322 e. The maximum absolute atomic E-state index is 12.2. The van der Waals surface area contributed by atoms with Crippen LogP contribution in [-0.2, 0) is 10.0 Å². The highest BCUT2D eigenvalue weighted by atomic mass is 32.2. The summed E-state index contributed by atoms with van der Waals surface area (Å²) < 4.78 is 24.5. The second-order valence-electron chi connectivity index (χ2n) is 7.50. The smallest absolute Gasteiger partial charge is 0.250 e. The van der Waals surface area contributed by atoms with Gasteiger partial charge in [0, 0.05) is 17.0 Å². The number of nitrogens with two attached hydrogens (primary N) is 1. The van der Waals surface area contributed by atoms with E-state index in [1.165, 1.54) is 18.2 Å². The van der Waals surface area contributed by atoms with Gasteiger partial charge in [0.2, 0.25) is 10.0 Å². The molecule has 10 heteroatoms. The van der Waals surface area contributed by atoms with Gasteiger partial charge in [0.1, 0.15) is 0 Å². The molecule has 9 nitrogen and oxygen atoms in total. The first kappa shape index (κ1) is 21.5. The number of fused-ring (bicyclic) bond motifs is 1. The van der Waals surface area contributed by atoms with E-state index in [-0.39, 0.29) is 10.5 Å². The summed E-state index contributed by atoms with van der Waals surface area (Å²) in [7, 11) is -3.74. The molecule has 0 saturated carbocycles. The fraction of sp³-hybridized carbons (Fsp3) is 0.136. The summed E-state index contributed by atoms with van der Waals surface area (Å²) in [6.45, 7) is 5.73. The van der Waals surface area contributed by atoms with Gasteiger partial charge >= 0.3 is 0 Å². The Hall–Kier alpha value is -3.76. The number of hydrogen-bond donors (Lipinski definition) is 3. The van der Waals surface area contributed by atoms with E-state index in [9.17, 15) is 13.2 Å². The highest BCUT2D eigenvalue weighted by Gasteiger charge is 2.14. The number of nitrogens with one attached hydrogen (secondary N) is 2. The quantitative estimate of drug-likeness (QED) is 0.317. The van der Waals surface area contributed by atoms with Crippen molar-refractivity contribution in [1.29, 1.82) is 0 Å². The number of benzene rings is 2. The first-order chi connectivity index (χ1) is 15.1. The van der Waals surface area contributed by atoms with Crippen molar-refractivity contribution in [2.45, 2.75) is 25.7 Å². The average molecular weight is 451 g/mol. The van der Waals surface area contributed by atoms with Crippen LogP contribution < -0.4 is 16.1 Å². The number of rotatable bonds is 5. The molecule has 2 aromatic carbocycles. The molecule has 0 fully saturated rings. The molecular weight excluding hydrogens is 428 g/mol. The van der Waals surface area contributed by atoms with Crippen LogP contribution in [0.25, 0.3) is 16.6 Å². The van der Waals surface area contributed by atoms with Crippen molar-refractivity contribution in [1.82, 2.24) is 14.8 Å². The Kier molecular flexibility index (Phi) is 5.41. The third kappa shape index (κ3) is 4.18. The van der Waals surface area contributed by atoms with Crippen molar-refractivity contribution < 1.29 is 8.42 Å². The Bertz CT molecular complexity index is 1520. The lowest BCUT2D eigenvalue weighted by molar-refractivity contribution is 0.598. The summed E-state index contributed by atoms with van der Waals surface area (Å²) in [6.07, 6.45) is 1.70. The molecule has 4 N–H and O–H groups in total. The summed E-state index contributed by atoms with van der Waals surface area (Å²) in [5.41, 5.74) is 8.12. The molecule has 4 rings (SSSR count). The van der Waals surface area contributed by atoms with Gasteiger partial charge in [0.15, 0.2) is 0 Å². The van der Waals surface area contributed by atoms with Crippen LogP contribution in [0.15, 0.2) is 69.5 Å². The van der Waals surface area contributed by atoms with Crippen LogP contribution in [0.5, 0.6) is 0 Å². The van der Waals surface area contributed by atoms with Gasteiger partial charge in [0.25, 0.3) is 5.56 Å². The number of hydrazone groups is 1. The van der Waals surface area contributed by atoms with E-state index in [0.29, 0.717) is 17.1 Å². The number of aromatic nitrogens is 3. The van der Waals surface area contributed by atoms with Crippen LogP contribution in [0.1, 0.15) is 23.7 Å². The van der Waals surface area contributed by atoms with Gasteiger partial charge in [-0.2, -0.15) is 10.2 Å². The molecule has 0 atom stereocenters. The van der Waals surface area contributed by atoms with Crippen molar-refractivity contribution in [3.05, 3.63) is 81.9 Å². The van der Waals surface area contributed by atoms with E-state index < -0.39 is 10.0 Å². The summed E-state index contributed by atoms with van der Waals surface area (Å²) in [5, 5.41) is 14.9. The topological polar surface area (TPSA) is 135 Å². The maximum Gasteiger partial charge on any atom is 0.250 e. The first-order valence-corrected chi connectivity index (χ1v) is 11.3. The number of aromatic amines is 1. The van der Waals surface area contributed by atoms with Crippen molar-refractivity contribution >= 4 is 32.3 Å². The number of pyridine rings is 1. The minimum Gasteiger partial charge on any atom is -0.322 e. The van der Waals surface area contributed by atoms with Crippen molar-refractivity contribution in [2.75, 3.05) is 5.43 Å². The number of hydrogen-bond acceptors (Lipinski definition) is 6. The van der Waals surface area contributed by atoms with Gasteiger partial charge in [-0.25, -0.2) is 18.2 Å². The third-order valence-corrected chi connectivity index (χ3v) is 6.07. The Morgan fingerprint density at radius 1 is 1.12 bits per heavy atom. The molecule has 0 aliphatic rings. The zero-order chi connectivity index (χ0) is 23.0. The Morgan fingerprint density at radius 2 is 1.84 bits per heavy atom. The molecular formula is C22H22N6O3S. The molecule has 2 heterocycles. The number of anilines is 1. The van der Waals surface area contributed by atoms with Gasteiger partial charge in [0.05, 0.1) is 39.4 Å². The van der Waals surface area contributed by atoms with Gasteiger partial charge in [-0.1, -0.05) is 11.6 Å². The number of sulfonamides is 1. The molecule has 0 spiro atoms. The maximum atomic E-state index is 12.2. The predicted molar refractivity (Wildman–Crippen MR) is 125 cm³/mol. The van der Waals surface area contributed by atoms with E-state index in [4.69, 9.17) is 5.14 Å². The molecule has 0 aliphatic heterocycles. The van der Waals surface area contributed by atoms with E-state index in [0.717, 1.165) is 27.7 Å². The van der Waals surface area contributed by atoms with Crippen LogP contribution in [0.2, 0.25) is 0 Å². The van der Waals surface area contributed by atoms with Gasteiger partial charge in [-0.05, 0) is 57.2 Å². The highest BCUT2D eigenvalue weighted by molar-refractivity contribution is 7.89. The van der Waals surface area contributed by atoms with Crippen LogP contribution in [-0.4, -0.2) is 28.9 Å². The van der Waals surface area contributed by atoms with E-state index >= 15 is 0 Å². The van der Waals surface area contributed by atoms with Crippen LogP contribution >= 0.6 is 0 Å². The minimum absolute atomic E-state index is 0.0289. The number of primary sulfonamides is 1. The standard InChI is InChI=1S/C22H22N6O3S/c1-13-4-9-20-18(10-13)21(11-22(29)25-20)28-15(3)19(12-24-28)14(2)26-27-16-5-7-17(8-6-16)32(23,30)31/h4-12,27H,1-3H3,(H,25,29)(H2,23,30,31)/b26-14+. The second-order valence-corrected chi connectivity index (χ2v) is 9.06. The number of H-pyrrole nitrogens is 1. The average Bonchev–Trinajstić information content (AvgIpc) is 3.12. The lowest BCUT2D eigenvalue weighted by Crippen LogP contribution is -2.11. The molecule has 0 amide bonds. The molecule has 0 radical (unpaired) electrons. The zero-order valence-corrected chi connectivity index (χ0v) is 18.6. The summed E-state index contributed by atoms with van der Waals surface area (Å²) in [6, 6.07) is 13.3. The van der Waals surface area contributed by atoms with E-state index in [1.807, 2.05) is 39.0 Å². The van der Waals surface area contributed by atoms with Gasteiger partial charge < -0.3 is 4.98 Å². The fourth-order valence-electron chi connectivity index (χ4n) is 3.46. The summed E-state index contributed by atoms with van der Waals surface area (Å²) in [4.78, 5) is 15.1. The lowest BCUT2D eigenvalue weighted by Gasteiger charge is -2.10. The van der Waals surface area contributed by atoms with Crippen molar-refractivity contribution in [3.8, 4) is 5.69 Å². The summed E-state index contributed by atoms with van der Waals surface area (Å²) >= 11 is 0. The minimum atomic E-state index is -3.74. The zero-order valence-electron chi connectivity index (χ0n) is 17.7. The molecule has 0 saturated heterocycles. The van der Waals surface area contributed by atoms with Crippen LogP contribution in [0, 0.1) is 13.8 Å². The molecule has 0 bridgehead atoms. The van der Waals surface area contributed by atoms with Crippen LogP contribution in [0.4, 0.5) is 5.69 Å². The predicted octanol–water partition coefficient (Wildman–Crippen LogP) is 2.81. The Labute approximate surface area is 184 Å². The first-order valence-electron chi connectivity index (χ1n) is 9.76. The van der Waals surface area contributed by atoms with E-state index in [1.54, 1.807) is 23.0 Å². The van der Waals surface area contributed by atoms with Crippen molar-refractivity contribution in [2.24, 2.45) is 10.2 Å². The summed E-state index contributed by atoms with van der Waals surface area (Å²) in [5.74, 6) is 0. The Balaban J connectivity index is 1.67. The van der Waals surface area contributed by atoms with Crippen LogP contribution in [0.3, 0.4) is 0 Å². The van der Waals surface area contributed by atoms with Crippen molar-refractivity contribution in [3.63, 3.8) is 0 Å². The number of nitrogens with zero attached hydrogens (tertiary/aromatic N) is 3. The fourth-order valence-corrected chi connectivity index (χ4v) is 3.98. The highest BCUT2D eigenvalue weighted by Crippen LogP contribution is 2.23. The molecule has 0 aliphatic carbocycles.